The first-order valence-corrected chi connectivity index (χ1v) is 11.0. The molecule has 0 radical (unpaired) electrons. The molecule has 0 bridgehead atoms. The summed E-state index contributed by atoms with van der Waals surface area (Å²) in [5.74, 6) is -0.439. The van der Waals surface area contributed by atoms with Crippen LogP contribution < -0.4 is 15.5 Å². The lowest BCUT2D eigenvalue weighted by atomic mass is 10.2. The Morgan fingerprint density at radius 3 is 2.79 bits per heavy atom. The molecule has 0 saturated carbocycles. The third-order valence-electron chi connectivity index (χ3n) is 4.79. The van der Waals surface area contributed by atoms with E-state index >= 15 is 0 Å². The normalized spacial score (nSPS) is 18.0. The van der Waals surface area contributed by atoms with E-state index in [0.717, 1.165) is 12.5 Å². The Kier molecular flexibility index (Phi) is 7.99. The summed E-state index contributed by atoms with van der Waals surface area (Å²) in [7, 11) is 0.0772. The van der Waals surface area contributed by atoms with Gasteiger partial charge in [-0.25, -0.2) is 21.5 Å². The smallest absolute Gasteiger partial charge is 0.213 e. The zero-order chi connectivity index (χ0) is 20.7. The first-order chi connectivity index (χ1) is 13.3. The van der Waals surface area contributed by atoms with Crippen molar-refractivity contribution in [2.45, 2.75) is 25.8 Å². The highest BCUT2D eigenvalue weighted by atomic mass is 32.2. The highest BCUT2D eigenvalue weighted by molar-refractivity contribution is 7.89. The van der Waals surface area contributed by atoms with Crippen LogP contribution in [0.1, 0.15) is 19.8 Å². The molecule has 1 unspecified atom stereocenters. The molecule has 0 aliphatic carbocycles. The summed E-state index contributed by atoms with van der Waals surface area (Å²) in [5.41, 5.74) is 0.397. The van der Waals surface area contributed by atoms with Crippen LogP contribution in [0.25, 0.3) is 0 Å². The van der Waals surface area contributed by atoms with Gasteiger partial charge in [0, 0.05) is 52.4 Å². The maximum absolute atomic E-state index is 14.0. The summed E-state index contributed by atoms with van der Waals surface area (Å²) in [4.78, 5) is 6.06. The van der Waals surface area contributed by atoms with Gasteiger partial charge < -0.3 is 15.5 Å². The maximum atomic E-state index is 14.0. The van der Waals surface area contributed by atoms with E-state index in [1.54, 1.807) is 21.0 Å². The molecular weight excluding hydrogens is 388 g/mol. The highest BCUT2D eigenvalue weighted by Gasteiger charge is 2.25. The molecule has 2 rings (SSSR count). The number of nitrogens with one attached hydrogen (secondary N) is 2. The van der Waals surface area contributed by atoms with Gasteiger partial charge in [0.15, 0.2) is 5.96 Å². The van der Waals surface area contributed by atoms with Gasteiger partial charge in [-0.05, 0) is 31.9 Å². The molecule has 10 heteroatoms. The van der Waals surface area contributed by atoms with Gasteiger partial charge in [0.2, 0.25) is 10.0 Å². The zero-order valence-corrected chi connectivity index (χ0v) is 17.4. The summed E-state index contributed by atoms with van der Waals surface area (Å²) in [5, 5.41) is 6.46. The summed E-state index contributed by atoms with van der Waals surface area (Å²) in [6.45, 7) is 3.88. The molecule has 1 aromatic carbocycles. The monoisotopic (exact) mass is 417 g/mol. The number of guanidine groups is 1. The fourth-order valence-electron chi connectivity index (χ4n) is 3.09. The number of hydrogen-bond acceptors (Lipinski definition) is 4. The Balaban J connectivity index is 1.78. The Hall–Kier alpha value is -1.94. The van der Waals surface area contributed by atoms with Gasteiger partial charge >= 0.3 is 0 Å². The molecule has 158 valence electrons. The highest BCUT2D eigenvalue weighted by Crippen LogP contribution is 2.24. The fraction of sp³-hybridized carbons (Fsp3) is 0.611. The van der Waals surface area contributed by atoms with Crippen molar-refractivity contribution in [1.82, 2.24) is 14.9 Å². The van der Waals surface area contributed by atoms with E-state index in [-0.39, 0.29) is 11.8 Å². The van der Waals surface area contributed by atoms with E-state index in [2.05, 4.69) is 15.6 Å². The Labute approximate surface area is 165 Å². The molecule has 1 atom stereocenters. The lowest BCUT2D eigenvalue weighted by Crippen LogP contribution is -2.45. The number of sulfonamides is 1. The third-order valence-corrected chi connectivity index (χ3v) is 6.65. The second-order valence-electron chi connectivity index (χ2n) is 6.75. The van der Waals surface area contributed by atoms with Gasteiger partial charge in [0.1, 0.15) is 11.6 Å². The summed E-state index contributed by atoms with van der Waals surface area (Å²) >= 11 is 0. The molecule has 1 fully saturated rings. The van der Waals surface area contributed by atoms with Gasteiger partial charge in [0.05, 0.1) is 11.4 Å². The summed E-state index contributed by atoms with van der Waals surface area (Å²) in [6, 6.07) is 3.70. The molecule has 0 aromatic heterocycles. The average molecular weight is 418 g/mol. The average Bonchev–Trinajstić information content (AvgIpc) is 3.12. The number of halogens is 2. The molecule has 2 N–H and O–H groups in total. The van der Waals surface area contributed by atoms with E-state index in [9.17, 15) is 17.2 Å². The Bertz CT molecular complexity index is 788. The van der Waals surface area contributed by atoms with E-state index in [1.165, 1.54) is 16.4 Å². The van der Waals surface area contributed by atoms with Crippen LogP contribution >= 0.6 is 0 Å². The van der Waals surface area contributed by atoms with E-state index in [4.69, 9.17) is 0 Å². The molecular formula is C18H29F2N5O2S. The van der Waals surface area contributed by atoms with Crippen molar-refractivity contribution in [1.29, 1.82) is 0 Å². The van der Waals surface area contributed by atoms with Gasteiger partial charge in [0.25, 0.3) is 0 Å². The lowest BCUT2D eigenvalue weighted by molar-refractivity contribution is 0.461. The second kappa shape index (κ2) is 10.0. The maximum Gasteiger partial charge on any atom is 0.213 e. The van der Waals surface area contributed by atoms with E-state index in [0.29, 0.717) is 44.2 Å². The number of rotatable bonds is 8. The topological polar surface area (TPSA) is 77.0 Å². The molecule has 1 saturated heterocycles. The summed E-state index contributed by atoms with van der Waals surface area (Å²) < 4.78 is 51.8. The van der Waals surface area contributed by atoms with Crippen LogP contribution in [0.4, 0.5) is 14.5 Å². The van der Waals surface area contributed by atoms with Crippen molar-refractivity contribution in [2.75, 3.05) is 50.9 Å². The number of benzene rings is 1. The zero-order valence-electron chi connectivity index (χ0n) is 16.6. The molecule has 7 nitrogen and oxygen atoms in total. The van der Waals surface area contributed by atoms with Crippen molar-refractivity contribution in [2.24, 2.45) is 4.99 Å². The SMILES string of the molecule is CCS(=O)(=O)N(C)CCCNC(=NC)NC1CCN(c2ccc(F)cc2F)C1. The van der Waals surface area contributed by atoms with Crippen LogP contribution in [-0.4, -0.2) is 70.8 Å². The van der Waals surface area contributed by atoms with Gasteiger partial charge in [-0.15, -0.1) is 0 Å². The predicted molar refractivity (Wildman–Crippen MR) is 108 cm³/mol. The van der Waals surface area contributed by atoms with Crippen LogP contribution in [0, 0.1) is 11.6 Å². The minimum atomic E-state index is -3.16. The van der Waals surface area contributed by atoms with Gasteiger partial charge in [-0.2, -0.15) is 0 Å². The minimum Gasteiger partial charge on any atom is -0.367 e. The first kappa shape index (κ1) is 22.4. The van der Waals surface area contributed by atoms with Crippen LogP contribution in [0.3, 0.4) is 0 Å². The van der Waals surface area contributed by atoms with Crippen molar-refractivity contribution in [3.8, 4) is 0 Å². The number of hydrogen-bond donors (Lipinski definition) is 2. The minimum absolute atomic E-state index is 0.0822. The number of anilines is 1. The molecule has 1 aromatic rings. The largest absolute Gasteiger partial charge is 0.367 e. The van der Waals surface area contributed by atoms with Crippen LogP contribution in [-0.2, 0) is 10.0 Å². The fourth-order valence-corrected chi connectivity index (χ4v) is 3.94. The van der Waals surface area contributed by atoms with Gasteiger partial charge in [-0.3, -0.25) is 4.99 Å². The molecule has 1 aliphatic heterocycles. The molecule has 1 heterocycles. The van der Waals surface area contributed by atoms with Crippen LogP contribution in [0.2, 0.25) is 0 Å². The quantitative estimate of drug-likeness (QED) is 0.380. The van der Waals surface area contributed by atoms with Crippen LogP contribution in [0.5, 0.6) is 0 Å². The molecule has 28 heavy (non-hydrogen) atoms. The predicted octanol–water partition coefficient (Wildman–Crippen LogP) is 1.38. The van der Waals surface area contributed by atoms with Crippen molar-refractivity contribution >= 4 is 21.7 Å². The summed E-state index contributed by atoms with van der Waals surface area (Å²) in [6.07, 6.45) is 1.45. The van der Waals surface area contributed by atoms with Crippen LogP contribution in [0.15, 0.2) is 23.2 Å². The third kappa shape index (κ3) is 6.03. The molecule has 0 spiro atoms. The van der Waals surface area contributed by atoms with E-state index < -0.39 is 21.7 Å². The molecule has 1 aliphatic rings. The first-order valence-electron chi connectivity index (χ1n) is 9.38. The standard InChI is InChI=1S/C18H29F2N5O2S/c1-4-28(26,27)24(3)10-5-9-22-18(21-2)23-15-8-11-25(13-15)17-7-6-14(19)12-16(17)20/h6-7,12,15H,4-5,8-11,13H2,1-3H3,(H2,21,22,23). The number of nitrogens with zero attached hydrogens (tertiary/aromatic N) is 3. The number of aliphatic imine (C=N–C) groups is 1. The Morgan fingerprint density at radius 2 is 2.14 bits per heavy atom. The molecule has 0 amide bonds. The van der Waals surface area contributed by atoms with E-state index in [1.807, 2.05) is 4.90 Å². The van der Waals surface area contributed by atoms with Crippen molar-refractivity contribution < 1.29 is 17.2 Å². The Morgan fingerprint density at radius 1 is 1.39 bits per heavy atom. The van der Waals surface area contributed by atoms with Crippen molar-refractivity contribution in [3.05, 3.63) is 29.8 Å². The lowest BCUT2D eigenvalue weighted by Gasteiger charge is -2.21. The van der Waals surface area contributed by atoms with Gasteiger partial charge in [-0.1, -0.05) is 0 Å². The second-order valence-corrected chi connectivity index (χ2v) is 9.11. The van der Waals surface area contributed by atoms with Crippen molar-refractivity contribution in [3.63, 3.8) is 0 Å².